The molecule has 1 aromatic carbocycles. The van der Waals surface area contributed by atoms with Crippen LogP contribution < -0.4 is 0 Å². The van der Waals surface area contributed by atoms with Gasteiger partial charge in [0.1, 0.15) is 0 Å². The van der Waals surface area contributed by atoms with Gasteiger partial charge in [0.15, 0.2) is 5.76 Å². The minimum Gasteiger partial charge on any atom is -0.461 e. The summed E-state index contributed by atoms with van der Waals surface area (Å²) in [6.07, 6.45) is 1.51. The van der Waals surface area contributed by atoms with E-state index in [1.807, 2.05) is 32.0 Å². The Labute approximate surface area is 88.5 Å². The van der Waals surface area contributed by atoms with Crippen LogP contribution >= 0.6 is 0 Å². The molecule has 1 aromatic heterocycles. The van der Waals surface area contributed by atoms with Gasteiger partial charge in [-0.05, 0) is 37.1 Å². The maximum absolute atomic E-state index is 12.0. The first-order chi connectivity index (χ1) is 7.20. The van der Waals surface area contributed by atoms with Crippen LogP contribution in [0.3, 0.4) is 0 Å². The zero-order valence-electron chi connectivity index (χ0n) is 8.78. The minimum absolute atomic E-state index is 0.0544. The highest BCUT2D eigenvalue weighted by Crippen LogP contribution is 2.17. The van der Waals surface area contributed by atoms with Crippen molar-refractivity contribution >= 4 is 5.78 Å². The molecule has 2 heteroatoms. The third-order valence-electron chi connectivity index (χ3n) is 2.59. The number of hydrogen-bond donors (Lipinski definition) is 0. The van der Waals surface area contributed by atoms with Gasteiger partial charge >= 0.3 is 0 Å². The van der Waals surface area contributed by atoms with E-state index < -0.39 is 0 Å². The second-order valence-corrected chi connectivity index (χ2v) is 3.55. The summed E-state index contributed by atoms with van der Waals surface area (Å²) in [7, 11) is 0. The number of carbonyl (C=O) groups excluding carboxylic acids is 1. The van der Waals surface area contributed by atoms with E-state index in [2.05, 4.69) is 0 Å². The number of furan rings is 1. The Balaban J connectivity index is 2.47. The molecule has 2 rings (SSSR count). The molecule has 15 heavy (non-hydrogen) atoms. The Morgan fingerprint density at radius 2 is 1.93 bits per heavy atom. The van der Waals surface area contributed by atoms with E-state index in [9.17, 15) is 4.79 Å². The van der Waals surface area contributed by atoms with Crippen LogP contribution in [0.5, 0.6) is 0 Å². The van der Waals surface area contributed by atoms with Crippen molar-refractivity contribution in [2.24, 2.45) is 0 Å². The molecule has 0 saturated carbocycles. The molecule has 0 spiro atoms. The summed E-state index contributed by atoms with van der Waals surface area (Å²) in [6.45, 7) is 3.94. The van der Waals surface area contributed by atoms with Crippen LogP contribution in [0, 0.1) is 13.8 Å². The average molecular weight is 200 g/mol. The van der Waals surface area contributed by atoms with Crippen LogP contribution in [0.1, 0.15) is 27.2 Å². The van der Waals surface area contributed by atoms with Gasteiger partial charge in [-0.2, -0.15) is 0 Å². The van der Waals surface area contributed by atoms with Crippen LogP contribution in [0.25, 0.3) is 0 Å². The first-order valence-corrected chi connectivity index (χ1v) is 4.84. The molecule has 0 aliphatic heterocycles. The van der Waals surface area contributed by atoms with E-state index in [-0.39, 0.29) is 5.78 Å². The summed E-state index contributed by atoms with van der Waals surface area (Å²) in [5.74, 6) is 0.338. The van der Waals surface area contributed by atoms with Crippen LogP contribution in [0.4, 0.5) is 0 Å². The highest BCUT2D eigenvalue weighted by atomic mass is 16.3. The summed E-state index contributed by atoms with van der Waals surface area (Å²) in [5.41, 5.74) is 2.84. The second kappa shape index (κ2) is 3.73. The van der Waals surface area contributed by atoms with Crippen molar-refractivity contribution in [3.8, 4) is 0 Å². The summed E-state index contributed by atoms with van der Waals surface area (Å²) in [6, 6.07) is 9.11. The van der Waals surface area contributed by atoms with Crippen molar-refractivity contribution in [3.05, 3.63) is 59.0 Å². The Bertz CT molecular complexity index is 481. The molecule has 0 radical (unpaired) electrons. The van der Waals surface area contributed by atoms with Crippen LogP contribution in [-0.4, -0.2) is 5.78 Å². The standard InChI is InChI=1S/C13H12O2/c1-9-5-3-6-11(10(9)2)13(14)12-7-4-8-15-12/h3-8H,1-2H3. The Kier molecular flexibility index (Phi) is 2.42. The van der Waals surface area contributed by atoms with E-state index in [1.54, 1.807) is 12.1 Å². The van der Waals surface area contributed by atoms with E-state index in [0.29, 0.717) is 11.3 Å². The predicted molar refractivity (Wildman–Crippen MR) is 58.1 cm³/mol. The third kappa shape index (κ3) is 1.71. The fourth-order valence-corrected chi connectivity index (χ4v) is 1.54. The van der Waals surface area contributed by atoms with Gasteiger partial charge in [-0.3, -0.25) is 4.79 Å². The molecule has 0 saturated heterocycles. The van der Waals surface area contributed by atoms with Crippen molar-refractivity contribution in [2.75, 3.05) is 0 Å². The van der Waals surface area contributed by atoms with Gasteiger partial charge in [0.25, 0.3) is 0 Å². The van der Waals surface area contributed by atoms with Crippen LogP contribution in [0.2, 0.25) is 0 Å². The predicted octanol–water partition coefficient (Wildman–Crippen LogP) is 3.13. The van der Waals surface area contributed by atoms with Crippen LogP contribution in [-0.2, 0) is 0 Å². The summed E-state index contributed by atoms with van der Waals surface area (Å²) >= 11 is 0. The Morgan fingerprint density at radius 1 is 1.13 bits per heavy atom. The molecule has 0 atom stereocenters. The van der Waals surface area contributed by atoms with Crippen molar-refractivity contribution < 1.29 is 9.21 Å². The number of benzene rings is 1. The maximum Gasteiger partial charge on any atom is 0.228 e. The van der Waals surface area contributed by atoms with Gasteiger partial charge < -0.3 is 4.42 Å². The zero-order valence-corrected chi connectivity index (χ0v) is 8.78. The zero-order chi connectivity index (χ0) is 10.8. The Morgan fingerprint density at radius 3 is 2.60 bits per heavy atom. The van der Waals surface area contributed by atoms with Gasteiger partial charge in [0.05, 0.1) is 6.26 Å². The molecule has 0 aliphatic carbocycles. The highest BCUT2D eigenvalue weighted by molar-refractivity contribution is 6.08. The second-order valence-electron chi connectivity index (χ2n) is 3.55. The fourth-order valence-electron chi connectivity index (χ4n) is 1.54. The molecule has 0 aliphatic rings. The quantitative estimate of drug-likeness (QED) is 0.697. The molecule has 76 valence electrons. The number of carbonyl (C=O) groups is 1. The summed E-state index contributed by atoms with van der Waals surface area (Å²) in [4.78, 5) is 12.0. The molecular weight excluding hydrogens is 188 g/mol. The lowest BCUT2D eigenvalue weighted by atomic mass is 9.99. The molecule has 0 fully saturated rings. The largest absolute Gasteiger partial charge is 0.461 e. The summed E-state index contributed by atoms with van der Waals surface area (Å²) < 4.78 is 5.10. The van der Waals surface area contributed by atoms with E-state index >= 15 is 0 Å². The smallest absolute Gasteiger partial charge is 0.228 e. The van der Waals surface area contributed by atoms with Crippen LogP contribution in [0.15, 0.2) is 41.0 Å². The van der Waals surface area contributed by atoms with E-state index in [4.69, 9.17) is 4.42 Å². The molecule has 2 aromatic rings. The Hall–Kier alpha value is -1.83. The highest BCUT2D eigenvalue weighted by Gasteiger charge is 2.14. The van der Waals surface area contributed by atoms with E-state index in [1.165, 1.54) is 6.26 Å². The molecule has 0 amide bonds. The first kappa shape index (κ1) is 9.71. The molecule has 2 nitrogen and oxygen atoms in total. The fraction of sp³-hybridized carbons (Fsp3) is 0.154. The van der Waals surface area contributed by atoms with Gasteiger partial charge in [-0.15, -0.1) is 0 Å². The van der Waals surface area contributed by atoms with Gasteiger partial charge in [0.2, 0.25) is 5.78 Å². The maximum atomic E-state index is 12.0. The van der Waals surface area contributed by atoms with Crippen molar-refractivity contribution in [1.29, 1.82) is 0 Å². The lowest BCUT2D eigenvalue weighted by molar-refractivity contribution is 0.101. The first-order valence-electron chi connectivity index (χ1n) is 4.84. The lowest BCUT2D eigenvalue weighted by Gasteiger charge is -2.05. The molecule has 0 unspecified atom stereocenters. The monoisotopic (exact) mass is 200 g/mol. The number of ketones is 1. The topological polar surface area (TPSA) is 30.2 Å². The molecule has 0 bridgehead atoms. The van der Waals surface area contributed by atoms with E-state index in [0.717, 1.165) is 11.1 Å². The normalized spacial score (nSPS) is 10.3. The molecule has 0 N–H and O–H groups in total. The van der Waals surface area contributed by atoms with Gasteiger partial charge in [-0.1, -0.05) is 18.2 Å². The number of rotatable bonds is 2. The van der Waals surface area contributed by atoms with Crippen molar-refractivity contribution in [1.82, 2.24) is 0 Å². The van der Waals surface area contributed by atoms with Gasteiger partial charge in [-0.25, -0.2) is 0 Å². The van der Waals surface area contributed by atoms with Gasteiger partial charge in [0, 0.05) is 5.56 Å². The minimum atomic E-state index is -0.0544. The number of aryl methyl sites for hydroxylation is 1. The average Bonchev–Trinajstić information content (AvgIpc) is 2.74. The third-order valence-corrected chi connectivity index (χ3v) is 2.59. The lowest BCUT2D eigenvalue weighted by Crippen LogP contribution is -2.03. The molecule has 1 heterocycles. The number of hydrogen-bond acceptors (Lipinski definition) is 2. The SMILES string of the molecule is Cc1cccc(C(=O)c2ccco2)c1C. The van der Waals surface area contributed by atoms with Crippen molar-refractivity contribution in [3.63, 3.8) is 0 Å². The summed E-state index contributed by atoms with van der Waals surface area (Å²) in [5, 5.41) is 0. The van der Waals surface area contributed by atoms with Crippen molar-refractivity contribution in [2.45, 2.75) is 13.8 Å². The molecular formula is C13H12O2.